The van der Waals surface area contributed by atoms with Crippen molar-refractivity contribution in [1.29, 1.82) is 0 Å². The molecular weight excluding hydrogens is 507 g/mol. The van der Waals surface area contributed by atoms with Gasteiger partial charge < -0.3 is 14.5 Å². The van der Waals surface area contributed by atoms with Crippen LogP contribution >= 0.6 is 34.8 Å². The SMILES string of the molecule is CC(c1cc(Cl)cc(Cl)c1)N(C)C(=O)CC1(c2cccc(Cl)c2)CCN(C(=O)OC(C)(C)C)CC1. The quantitative estimate of drug-likeness (QED) is 0.395. The first-order valence-electron chi connectivity index (χ1n) is 11.8. The Balaban J connectivity index is 1.82. The van der Waals surface area contributed by atoms with Gasteiger partial charge in [0.05, 0.1) is 6.04 Å². The minimum absolute atomic E-state index is 0.000656. The Morgan fingerprint density at radius 1 is 1.03 bits per heavy atom. The van der Waals surface area contributed by atoms with Crippen LogP contribution in [0.5, 0.6) is 0 Å². The third-order valence-electron chi connectivity index (χ3n) is 6.64. The van der Waals surface area contributed by atoms with E-state index in [4.69, 9.17) is 39.5 Å². The summed E-state index contributed by atoms with van der Waals surface area (Å²) >= 11 is 18.7. The van der Waals surface area contributed by atoms with Gasteiger partial charge in [-0.2, -0.15) is 0 Å². The van der Waals surface area contributed by atoms with Gasteiger partial charge >= 0.3 is 6.09 Å². The molecule has 2 aromatic carbocycles. The number of hydrogen-bond donors (Lipinski definition) is 0. The number of hydrogen-bond acceptors (Lipinski definition) is 3. The minimum atomic E-state index is -0.559. The Bertz CT molecular complexity index is 1060. The number of amides is 2. The zero-order valence-electron chi connectivity index (χ0n) is 20.9. The molecule has 8 heteroatoms. The fraction of sp³-hybridized carbons (Fsp3) is 0.481. The molecule has 0 radical (unpaired) electrons. The molecule has 0 bridgehead atoms. The molecule has 1 atom stereocenters. The average molecular weight is 540 g/mol. The first-order valence-corrected chi connectivity index (χ1v) is 12.9. The number of likely N-dealkylation sites (tertiary alicyclic amines) is 1. The van der Waals surface area contributed by atoms with Gasteiger partial charge in [-0.15, -0.1) is 0 Å². The molecule has 2 aromatic rings. The summed E-state index contributed by atoms with van der Waals surface area (Å²) < 4.78 is 5.56. The first-order chi connectivity index (χ1) is 16.3. The van der Waals surface area contributed by atoms with Gasteiger partial charge in [0.2, 0.25) is 5.91 Å². The Kier molecular flexibility index (Phi) is 8.67. The highest BCUT2D eigenvalue weighted by Crippen LogP contribution is 2.41. The van der Waals surface area contributed by atoms with E-state index in [1.165, 1.54) is 0 Å². The Morgan fingerprint density at radius 2 is 1.63 bits per heavy atom. The number of carbonyl (C=O) groups is 2. The van der Waals surface area contributed by atoms with Crippen molar-refractivity contribution in [3.8, 4) is 0 Å². The van der Waals surface area contributed by atoms with E-state index >= 15 is 0 Å². The van der Waals surface area contributed by atoms with Crippen LogP contribution in [0.4, 0.5) is 4.79 Å². The van der Waals surface area contributed by atoms with Gasteiger partial charge in [-0.3, -0.25) is 4.79 Å². The highest BCUT2D eigenvalue weighted by molar-refractivity contribution is 6.34. The molecule has 0 aromatic heterocycles. The van der Waals surface area contributed by atoms with Crippen molar-refractivity contribution in [2.45, 2.75) is 64.0 Å². The average Bonchev–Trinajstić information content (AvgIpc) is 2.76. The summed E-state index contributed by atoms with van der Waals surface area (Å²) in [5, 5.41) is 1.69. The third kappa shape index (κ3) is 7.05. The molecule has 1 saturated heterocycles. The summed E-state index contributed by atoms with van der Waals surface area (Å²) in [7, 11) is 1.79. The van der Waals surface area contributed by atoms with Crippen molar-refractivity contribution in [3.63, 3.8) is 0 Å². The number of nitrogens with zero attached hydrogens (tertiary/aromatic N) is 2. The van der Waals surface area contributed by atoms with Gasteiger partial charge in [-0.25, -0.2) is 4.79 Å². The summed E-state index contributed by atoms with van der Waals surface area (Å²) in [6, 6.07) is 12.8. The third-order valence-corrected chi connectivity index (χ3v) is 7.31. The topological polar surface area (TPSA) is 49.9 Å². The Labute approximate surface area is 223 Å². The lowest BCUT2D eigenvalue weighted by atomic mass is 9.70. The molecule has 1 heterocycles. The number of rotatable bonds is 5. The Morgan fingerprint density at radius 3 is 2.17 bits per heavy atom. The second-order valence-corrected chi connectivity index (χ2v) is 11.6. The number of piperidine rings is 1. The Hall–Kier alpha value is -1.95. The van der Waals surface area contributed by atoms with Crippen molar-refractivity contribution < 1.29 is 14.3 Å². The normalized spacial score (nSPS) is 16.5. The van der Waals surface area contributed by atoms with E-state index in [0.29, 0.717) is 47.4 Å². The van der Waals surface area contributed by atoms with Gasteiger partial charge in [0.1, 0.15) is 5.60 Å². The van der Waals surface area contributed by atoms with Gasteiger partial charge in [0.25, 0.3) is 0 Å². The van der Waals surface area contributed by atoms with Crippen LogP contribution in [0.3, 0.4) is 0 Å². The summed E-state index contributed by atoms with van der Waals surface area (Å²) in [5.41, 5.74) is 0.876. The van der Waals surface area contributed by atoms with E-state index in [2.05, 4.69) is 0 Å². The van der Waals surface area contributed by atoms with E-state index in [1.807, 2.05) is 64.1 Å². The number of halogens is 3. The predicted octanol–water partition coefficient (Wildman–Crippen LogP) is 7.53. The molecule has 35 heavy (non-hydrogen) atoms. The van der Waals surface area contributed by atoms with E-state index in [-0.39, 0.29) is 18.0 Å². The molecule has 3 rings (SSSR count). The van der Waals surface area contributed by atoms with Crippen LogP contribution in [0.15, 0.2) is 42.5 Å². The van der Waals surface area contributed by atoms with Crippen LogP contribution in [0.25, 0.3) is 0 Å². The van der Waals surface area contributed by atoms with E-state index < -0.39 is 11.0 Å². The highest BCUT2D eigenvalue weighted by atomic mass is 35.5. The second-order valence-electron chi connectivity index (χ2n) is 10.3. The molecule has 2 amide bonds. The zero-order chi connectivity index (χ0) is 26.0. The van der Waals surface area contributed by atoms with E-state index in [1.54, 1.807) is 22.9 Å². The fourth-order valence-electron chi connectivity index (χ4n) is 4.50. The highest BCUT2D eigenvalue weighted by Gasteiger charge is 2.41. The van der Waals surface area contributed by atoms with Crippen molar-refractivity contribution >= 4 is 46.8 Å². The number of carbonyl (C=O) groups excluding carboxylic acids is 2. The zero-order valence-corrected chi connectivity index (χ0v) is 23.2. The molecule has 0 aliphatic carbocycles. The molecular formula is C27H33Cl3N2O3. The second kappa shape index (κ2) is 11.0. The maximum atomic E-state index is 13.6. The number of benzene rings is 2. The van der Waals surface area contributed by atoms with Crippen LogP contribution in [0.1, 0.15) is 64.1 Å². The summed E-state index contributed by atoms with van der Waals surface area (Å²) in [6.07, 6.45) is 1.23. The predicted molar refractivity (Wildman–Crippen MR) is 142 cm³/mol. The molecule has 1 aliphatic heterocycles. The lowest BCUT2D eigenvalue weighted by Gasteiger charge is -2.43. The van der Waals surface area contributed by atoms with Crippen LogP contribution in [0, 0.1) is 0 Å². The fourth-order valence-corrected chi connectivity index (χ4v) is 5.23. The van der Waals surface area contributed by atoms with Crippen LogP contribution in [-0.4, -0.2) is 47.5 Å². The minimum Gasteiger partial charge on any atom is -0.444 e. The summed E-state index contributed by atoms with van der Waals surface area (Å²) in [6.45, 7) is 8.52. The number of ether oxygens (including phenoxy) is 1. The first kappa shape index (κ1) is 27.6. The van der Waals surface area contributed by atoms with Crippen molar-refractivity contribution in [3.05, 3.63) is 68.7 Å². The standard InChI is InChI=1S/C27H33Cl3N2O3/c1-18(19-13-22(29)16-23(30)14-19)31(5)24(33)17-27(20-7-6-8-21(28)15-20)9-11-32(12-10-27)25(34)35-26(2,3)4/h6-8,13-16,18H,9-12,17H2,1-5H3. The van der Waals surface area contributed by atoms with Crippen molar-refractivity contribution in [2.24, 2.45) is 0 Å². The lowest BCUT2D eigenvalue weighted by Crippen LogP contribution is -2.48. The molecule has 190 valence electrons. The van der Waals surface area contributed by atoms with Crippen LogP contribution in [-0.2, 0) is 14.9 Å². The summed E-state index contributed by atoms with van der Waals surface area (Å²) in [4.78, 5) is 29.7. The van der Waals surface area contributed by atoms with Crippen LogP contribution < -0.4 is 0 Å². The molecule has 1 fully saturated rings. The van der Waals surface area contributed by atoms with E-state index in [9.17, 15) is 9.59 Å². The monoisotopic (exact) mass is 538 g/mol. The van der Waals surface area contributed by atoms with Gasteiger partial charge in [-0.1, -0.05) is 46.9 Å². The molecule has 0 saturated carbocycles. The molecule has 0 N–H and O–H groups in total. The largest absolute Gasteiger partial charge is 0.444 e. The van der Waals surface area contributed by atoms with Gasteiger partial charge in [-0.05, 0) is 82.0 Å². The molecule has 5 nitrogen and oxygen atoms in total. The van der Waals surface area contributed by atoms with Gasteiger partial charge in [0, 0.05) is 47.0 Å². The van der Waals surface area contributed by atoms with E-state index in [0.717, 1.165) is 11.1 Å². The summed E-state index contributed by atoms with van der Waals surface area (Å²) in [5.74, 6) is -0.000656. The van der Waals surface area contributed by atoms with Crippen LogP contribution in [0.2, 0.25) is 15.1 Å². The molecule has 1 unspecified atom stereocenters. The maximum absolute atomic E-state index is 13.6. The lowest BCUT2D eigenvalue weighted by molar-refractivity contribution is -0.133. The maximum Gasteiger partial charge on any atom is 0.410 e. The van der Waals surface area contributed by atoms with Crippen molar-refractivity contribution in [1.82, 2.24) is 9.80 Å². The van der Waals surface area contributed by atoms with Crippen molar-refractivity contribution in [2.75, 3.05) is 20.1 Å². The molecule has 0 spiro atoms. The molecule has 1 aliphatic rings. The van der Waals surface area contributed by atoms with Gasteiger partial charge in [0.15, 0.2) is 0 Å². The smallest absolute Gasteiger partial charge is 0.410 e.